The van der Waals surface area contributed by atoms with Crippen molar-refractivity contribution in [2.45, 2.75) is 45.1 Å². The van der Waals surface area contributed by atoms with E-state index in [2.05, 4.69) is 4.72 Å². The van der Waals surface area contributed by atoms with Gasteiger partial charge in [-0.15, -0.1) is 0 Å². The third-order valence-electron chi connectivity index (χ3n) is 4.42. The van der Waals surface area contributed by atoms with Crippen LogP contribution in [-0.2, 0) is 10.0 Å². The maximum absolute atomic E-state index is 11.8. The summed E-state index contributed by atoms with van der Waals surface area (Å²) in [5.74, 6) is 2.34. The smallest absolute Gasteiger partial charge is 0.211 e. The quantitative estimate of drug-likeness (QED) is 0.750. The Morgan fingerprint density at radius 2 is 2.12 bits per heavy atom. The predicted molar refractivity (Wildman–Crippen MR) is 69.0 cm³/mol. The summed E-state index contributed by atoms with van der Waals surface area (Å²) in [4.78, 5) is 0. The van der Waals surface area contributed by atoms with Crippen LogP contribution in [0.15, 0.2) is 0 Å². The van der Waals surface area contributed by atoms with E-state index in [0.717, 1.165) is 11.8 Å². The van der Waals surface area contributed by atoms with Crippen LogP contribution in [-0.4, -0.2) is 26.8 Å². The molecule has 100 valence electrons. The zero-order valence-corrected chi connectivity index (χ0v) is 11.4. The predicted octanol–water partition coefficient (Wildman–Crippen LogP) is 1.08. The fraction of sp³-hybridized carbons (Fsp3) is 1.00. The lowest BCUT2D eigenvalue weighted by atomic mass is 9.84. The molecule has 2 fully saturated rings. The number of hydrogen-bond donors (Lipinski definition) is 2. The van der Waals surface area contributed by atoms with Crippen LogP contribution in [0.4, 0.5) is 0 Å². The normalized spacial score (nSPS) is 34.1. The molecule has 0 radical (unpaired) electrons. The topological polar surface area (TPSA) is 72.2 Å². The minimum absolute atomic E-state index is 0.0908. The van der Waals surface area contributed by atoms with Crippen molar-refractivity contribution in [3.8, 4) is 0 Å². The molecule has 0 aromatic rings. The van der Waals surface area contributed by atoms with Crippen molar-refractivity contribution in [1.82, 2.24) is 4.72 Å². The molecule has 2 aliphatic carbocycles. The van der Waals surface area contributed by atoms with Crippen molar-refractivity contribution < 1.29 is 8.42 Å². The molecule has 0 aliphatic heterocycles. The zero-order valence-electron chi connectivity index (χ0n) is 10.6. The molecule has 0 aromatic heterocycles. The highest BCUT2D eigenvalue weighted by atomic mass is 32.2. The van der Waals surface area contributed by atoms with Gasteiger partial charge in [-0.25, -0.2) is 13.1 Å². The lowest BCUT2D eigenvalue weighted by Gasteiger charge is -2.28. The van der Waals surface area contributed by atoms with E-state index in [1.54, 1.807) is 0 Å². The maximum atomic E-state index is 11.8. The van der Waals surface area contributed by atoms with Gasteiger partial charge in [0.1, 0.15) is 0 Å². The average molecular weight is 260 g/mol. The molecule has 0 saturated heterocycles. The molecule has 5 heteroatoms. The van der Waals surface area contributed by atoms with Crippen molar-refractivity contribution >= 4 is 10.0 Å². The molecule has 2 saturated carbocycles. The Morgan fingerprint density at radius 1 is 1.35 bits per heavy atom. The molecule has 2 aliphatic rings. The third kappa shape index (κ3) is 3.20. The third-order valence-corrected chi connectivity index (χ3v) is 5.97. The Morgan fingerprint density at radius 3 is 2.65 bits per heavy atom. The van der Waals surface area contributed by atoms with E-state index in [4.69, 9.17) is 5.73 Å². The van der Waals surface area contributed by atoms with E-state index >= 15 is 0 Å². The fourth-order valence-corrected chi connectivity index (χ4v) is 5.02. The van der Waals surface area contributed by atoms with Gasteiger partial charge in [0.15, 0.2) is 0 Å². The molecule has 4 nitrogen and oxygen atoms in total. The number of rotatable bonds is 6. The molecular weight excluding hydrogens is 236 g/mol. The van der Waals surface area contributed by atoms with Crippen LogP contribution >= 0.6 is 0 Å². The Labute approximate surface area is 104 Å². The highest BCUT2D eigenvalue weighted by Gasteiger charge is 2.42. The van der Waals surface area contributed by atoms with Crippen molar-refractivity contribution in [2.24, 2.45) is 23.5 Å². The molecule has 2 rings (SSSR count). The van der Waals surface area contributed by atoms with Gasteiger partial charge in [-0.1, -0.05) is 6.42 Å². The van der Waals surface area contributed by atoms with Gasteiger partial charge in [-0.05, 0) is 56.9 Å². The average Bonchev–Trinajstić information content (AvgIpc) is 2.87. The Kier molecular flexibility index (Phi) is 4.10. The molecule has 2 bridgehead atoms. The summed E-state index contributed by atoms with van der Waals surface area (Å²) in [6.45, 7) is 2.45. The largest absolute Gasteiger partial charge is 0.330 e. The first-order valence-corrected chi connectivity index (χ1v) is 8.37. The monoisotopic (exact) mass is 260 g/mol. The summed E-state index contributed by atoms with van der Waals surface area (Å²) >= 11 is 0. The molecule has 3 N–H and O–H groups in total. The summed E-state index contributed by atoms with van der Waals surface area (Å²) in [5, 5.41) is 0. The second-order valence-electron chi connectivity index (χ2n) is 5.71. The van der Waals surface area contributed by atoms with Crippen molar-refractivity contribution in [2.75, 3.05) is 12.3 Å². The van der Waals surface area contributed by atoms with Gasteiger partial charge < -0.3 is 5.73 Å². The van der Waals surface area contributed by atoms with Crippen LogP contribution in [0.25, 0.3) is 0 Å². The van der Waals surface area contributed by atoms with E-state index in [1.165, 1.54) is 25.7 Å². The van der Waals surface area contributed by atoms with Crippen LogP contribution in [0.5, 0.6) is 0 Å². The molecule has 17 heavy (non-hydrogen) atoms. The van der Waals surface area contributed by atoms with Crippen molar-refractivity contribution in [3.05, 3.63) is 0 Å². The van der Waals surface area contributed by atoms with Crippen LogP contribution < -0.4 is 10.5 Å². The molecular formula is C12H24N2O2S. The summed E-state index contributed by atoms with van der Waals surface area (Å²) in [6, 6.07) is 0.0908. The standard InChI is InChI=1S/C12H24N2O2S/c1-9(14-17(15,16)6-2-5-13)12-8-10-3-4-11(12)7-10/h9-12,14H,2-8,13H2,1H3. The first kappa shape index (κ1) is 13.3. The van der Waals surface area contributed by atoms with Gasteiger partial charge in [0, 0.05) is 6.04 Å². The number of nitrogens with two attached hydrogens (primary N) is 1. The van der Waals surface area contributed by atoms with E-state index < -0.39 is 10.0 Å². The number of hydrogen-bond acceptors (Lipinski definition) is 3. The van der Waals surface area contributed by atoms with Gasteiger partial charge in [-0.2, -0.15) is 0 Å². The number of fused-ring (bicyclic) bond motifs is 2. The SMILES string of the molecule is CC(NS(=O)(=O)CCCN)C1CC2CCC1C2. The first-order chi connectivity index (χ1) is 8.02. The van der Waals surface area contributed by atoms with Gasteiger partial charge in [-0.3, -0.25) is 0 Å². The van der Waals surface area contributed by atoms with Crippen LogP contribution in [0, 0.1) is 17.8 Å². The van der Waals surface area contributed by atoms with E-state index in [0.29, 0.717) is 18.9 Å². The van der Waals surface area contributed by atoms with Gasteiger partial charge in [0.05, 0.1) is 5.75 Å². The summed E-state index contributed by atoms with van der Waals surface area (Å²) in [5.41, 5.74) is 5.35. The lowest BCUT2D eigenvalue weighted by Crippen LogP contribution is -2.41. The highest BCUT2D eigenvalue weighted by molar-refractivity contribution is 7.89. The van der Waals surface area contributed by atoms with Crippen LogP contribution in [0.3, 0.4) is 0 Å². The summed E-state index contributed by atoms with van der Waals surface area (Å²) in [7, 11) is -3.13. The minimum atomic E-state index is -3.13. The van der Waals surface area contributed by atoms with Gasteiger partial charge >= 0.3 is 0 Å². The number of nitrogens with one attached hydrogen (secondary N) is 1. The van der Waals surface area contributed by atoms with E-state index in [9.17, 15) is 8.42 Å². The summed E-state index contributed by atoms with van der Waals surface area (Å²) < 4.78 is 26.4. The second kappa shape index (κ2) is 5.24. The Hall–Kier alpha value is -0.130. The Balaban J connectivity index is 1.86. The lowest BCUT2D eigenvalue weighted by molar-refractivity contribution is 0.280. The maximum Gasteiger partial charge on any atom is 0.211 e. The van der Waals surface area contributed by atoms with E-state index in [-0.39, 0.29) is 11.8 Å². The second-order valence-corrected chi connectivity index (χ2v) is 7.58. The first-order valence-electron chi connectivity index (χ1n) is 6.72. The summed E-state index contributed by atoms with van der Waals surface area (Å²) in [6.07, 6.45) is 5.72. The van der Waals surface area contributed by atoms with Crippen LogP contribution in [0.2, 0.25) is 0 Å². The van der Waals surface area contributed by atoms with Gasteiger partial charge in [0.25, 0.3) is 0 Å². The number of sulfonamides is 1. The van der Waals surface area contributed by atoms with Gasteiger partial charge in [0.2, 0.25) is 10.0 Å². The van der Waals surface area contributed by atoms with Crippen molar-refractivity contribution in [3.63, 3.8) is 0 Å². The molecule has 0 heterocycles. The molecule has 4 atom stereocenters. The van der Waals surface area contributed by atoms with E-state index in [1.807, 2.05) is 6.92 Å². The van der Waals surface area contributed by atoms with Crippen LogP contribution in [0.1, 0.15) is 39.0 Å². The minimum Gasteiger partial charge on any atom is -0.330 e. The van der Waals surface area contributed by atoms with Crippen molar-refractivity contribution in [1.29, 1.82) is 0 Å². The molecule has 0 aromatic carbocycles. The molecule has 4 unspecified atom stereocenters. The molecule has 0 spiro atoms. The highest BCUT2D eigenvalue weighted by Crippen LogP contribution is 2.49. The Bertz CT molecular complexity index is 356. The fourth-order valence-electron chi connectivity index (χ4n) is 3.61. The zero-order chi connectivity index (χ0) is 12.5. The molecule has 0 amide bonds.